The van der Waals surface area contributed by atoms with E-state index in [1.165, 1.54) is 25.3 Å². The summed E-state index contributed by atoms with van der Waals surface area (Å²) in [5.74, 6) is 1.42. The van der Waals surface area contributed by atoms with Crippen LogP contribution in [0.5, 0.6) is 11.5 Å². The summed E-state index contributed by atoms with van der Waals surface area (Å²) in [6.07, 6.45) is 6.43. The monoisotopic (exact) mass is 391 g/mol. The van der Waals surface area contributed by atoms with Crippen molar-refractivity contribution in [3.8, 4) is 23.8 Å². The van der Waals surface area contributed by atoms with Gasteiger partial charge in [-0.25, -0.2) is 0 Å². The Labute approximate surface area is 166 Å². The second-order valence-corrected chi connectivity index (χ2v) is 5.95. The summed E-state index contributed by atoms with van der Waals surface area (Å²) in [6.45, 7) is 0.0138. The molecule has 4 N–H and O–H groups in total. The van der Waals surface area contributed by atoms with E-state index >= 15 is 0 Å². The first kappa shape index (κ1) is 19.5. The average Bonchev–Trinajstić information content (AvgIpc) is 3.00. The number of para-hydroxylation sites is 1. The zero-order valence-electron chi connectivity index (χ0n) is 15.4. The molecule has 1 aliphatic heterocycles. The molecule has 0 atom stereocenters. The number of rotatable bonds is 6. The predicted molar refractivity (Wildman–Crippen MR) is 106 cm³/mol. The highest BCUT2D eigenvalue weighted by Crippen LogP contribution is 2.36. The van der Waals surface area contributed by atoms with Crippen LogP contribution in [0.1, 0.15) is 26.3 Å². The number of nitrogens with two attached hydrogens (primary N) is 1. The second kappa shape index (κ2) is 8.19. The first-order valence-electron chi connectivity index (χ1n) is 8.46. The maximum absolute atomic E-state index is 12.5. The molecule has 0 aromatic heterocycles. The summed E-state index contributed by atoms with van der Waals surface area (Å²) in [7, 11) is 1.44. The molecule has 1 heterocycles. The van der Waals surface area contributed by atoms with Gasteiger partial charge in [-0.15, -0.1) is 6.42 Å². The van der Waals surface area contributed by atoms with Crippen LogP contribution in [0.3, 0.4) is 0 Å². The minimum Gasteiger partial charge on any atom is -0.493 e. The molecule has 0 bridgehead atoms. The van der Waals surface area contributed by atoms with Crippen molar-refractivity contribution in [2.45, 2.75) is 0 Å². The van der Waals surface area contributed by atoms with Gasteiger partial charge in [0.25, 0.3) is 11.8 Å². The zero-order chi connectivity index (χ0) is 21.0. The Balaban J connectivity index is 1.93. The fourth-order valence-corrected chi connectivity index (χ4v) is 2.84. The average molecular weight is 391 g/mol. The number of primary amides is 1. The Bertz CT molecular complexity index is 1080. The van der Waals surface area contributed by atoms with Crippen molar-refractivity contribution in [1.82, 2.24) is 5.32 Å². The number of carbonyl (C=O) groups is 3. The standard InChI is InChI=1S/C21H17N3O5/c1-3-8-29-18-9-13-14(10-17(18)28-2)21(27)24-16(13)11-19(25)23-15-7-5-4-6-12(15)20(22)26/h1,4-7,9-11H,8H2,2H3,(H2,22,26)(H,23,25)(H,24,27)/b16-11-. The van der Waals surface area contributed by atoms with Gasteiger partial charge in [-0.3, -0.25) is 14.4 Å². The van der Waals surface area contributed by atoms with Gasteiger partial charge in [0.15, 0.2) is 11.5 Å². The van der Waals surface area contributed by atoms with Crippen molar-refractivity contribution in [1.29, 1.82) is 0 Å². The Morgan fingerprint density at radius 3 is 2.66 bits per heavy atom. The van der Waals surface area contributed by atoms with E-state index in [0.717, 1.165) is 0 Å². The van der Waals surface area contributed by atoms with E-state index in [0.29, 0.717) is 22.6 Å². The van der Waals surface area contributed by atoms with Crippen LogP contribution in [0.4, 0.5) is 5.69 Å². The lowest BCUT2D eigenvalue weighted by molar-refractivity contribution is -0.111. The van der Waals surface area contributed by atoms with E-state index in [2.05, 4.69) is 16.6 Å². The lowest BCUT2D eigenvalue weighted by atomic mass is 10.1. The van der Waals surface area contributed by atoms with E-state index < -0.39 is 17.7 Å². The van der Waals surface area contributed by atoms with E-state index in [4.69, 9.17) is 21.6 Å². The number of hydrogen-bond acceptors (Lipinski definition) is 5. The number of amides is 3. The maximum Gasteiger partial charge on any atom is 0.256 e. The molecule has 0 radical (unpaired) electrons. The van der Waals surface area contributed by atoms with Gasteiger partial charge in [0.05, 0.1) is 29.6 Å². The first-order valence-corrected chi connectivity index (χ1v) is 8.46. The number of hydrogen-bond donors (Lipinski definition) is 3. The molecule has 8 nitrogen and oxygen atoms in total. The Kier molecular flexibility index (Phi) is 5.51. The molecule has 3 amide bonds. The van der Waals surface area contributed by atoms with Gasteiger partial charge in [-0.2, -0.15) is 0 Å². The molecule has 8 heteroatoms. The summed E-state index contributed by atoms with van der Waals surface area (Å²) in [6, 6.07) is 9.42. The van der Waals surface area contributed by atoms with Crippen LogP contribution in [0.2, 0.25) is 0 Å². The van der Waals surface area contributed by atoms with Crippen LogP contribution < -0.4 is 25.8 Å². The van der Waals surface area contributed by atoms with Gasteiger partial charge in [0.2, 0.25) is 5.91 Å². The smallest absolute Gasteiger partial charge is 0.256 e. The fraction of sp³-hybridized carbons (Fsp3) is 0.0952. The summed E-state index contributed by atoms with van der Waals surface area (Å²) >= 11 is 0. The topological polar surface area (TPSA) is 120 Å². The SMILES string of the molecule is C#CCOc1cc2c(cc1OC)C(=O)N/C2=C\C(=O)Nc1ccccc1C(N)=O. The highest BCUT2D eigenvalue weighted by atomic mass is 16.5. The highest BCUT2D eigenvalue weighted by Gasteiger charge is 2.27. The highest BCUT2D eigenvalue weighted by molar-refractivity contribution is 6.15. The van der Waals surface area contributed by atoms with Gasteiger partial charge in [0, 0.05) is 11.6 Å². The number of benzene rings is 2. The van der Waals surface area contributed by atoms with Gasteiger partial charge in [0.1, 0.15) is 6.61 Å². The molecule has 2 aromatic carbocycles. The van der Waals surface area contributed by atoms with E-state index in [1.807, 2.05) is 0 Å². The fourth-order valence-electron chi connectivity index (χ4n) is 2.84. The van der Waals surface area contributed by atoms with Crippen LogP contribution >= 0.6 is 0 Å². The predicted octanol–water partition coefficient (Wildman–Crippen LogP) is 1.53. The maximum atomic E-state index is 12.5. The van der Waals surface area contributed by atoms with E-state index in [1.54, 1.807) is 24.3 Å². The normalized spacial score (nSPS) is 13.2. The second-order valence-electron chi connectivity index (χ2n) is 5.95. The van der Waals surface area contributed by atoms with Crippen molar-refractivity contribution < 1.29 is 23.9 Å². The number of methoxy groups -OCH3 is 1. The largest absolute Gasteiger partial charge is 0.493 e. The third-order valence-corrected chi connectivity index (χ3v) is 4.12. The number of fused-ring (bicyclic) bond motifs is 1. The van der Waals surface area contributed by atoms with Crippen molar-refractivity contribution >= 4 is 29.1 Å². The lowest BCUT2D eigenvalue weighted by Crippen LogP contribution is -2.18. The summed E-state index contributed by atoms with van der Waals surface area (Å²) < 4.78 is 10.7. The number of terminal acetylenes is 1. The molecule has 2 aromatic rings. The van der Waals surface area contributed by atoms with Gasteiger partial charge in [-0.1, -0.05) is 18.1 Å². The minimum atomic E-state index is -0.671. The van der Waals surface area contributed by atoms with Crippen molar-refractivity contribution in [2.24, 2.45) is 5.73 Å². The Morgan fingerprint density at radius 2 is 1.97 bits per heavy atom. The van der Waals surface area contributed by atoms with Gasteiger partial charge < -0.3 is 25.8 Å². The molecule has 1 aliphatic rings. The van der Waals surface area contributed by atoms with Crippen molar-refractivity contribution in [3.05, 3.63) is 59.2 Å². The summed E-state index contributed by atoms with van der Waals surface area (Å²) in [5.41, 5.74) is 6.81. The number of anilines is 1. The van der Waals surface area contributed by atoms with Crippen molar-refractivity contribution in [3.63, 3.8) is 0 Å². The molecule has 0 saturated heterocycles. The van der Waals surface area contributed by atoms with E-state index in [-0.39, 0.29) is 23.6 Å². The molecule has 146 valence electrons. The van der Waals surface area contributed by atoms with Crippen LogP contribution in [-0.2, 0) is 4.79 Å². The molecule has 29 heavy (non-hydrogen) atoms. The number of carbonyl (C=O) groups excluding carboxylic acids is 3. The number of ether oxygens (including phenoxy) is 2. The molecule has 0 spiro atoms. The number of nitrogens with one attached hydrogen (secondary N) is 2. The van der Waals surface area contributed by atoms with Crippen LogP contribution in [-0.4, -0.2) is 31.4 Å². The minimum absolute atomic E-state index is 0.0138. The summed E-state index contributed by atoms with van der Waals surface area (Å²) in [5, 5.41) is 5.21. The molecule has 3 rings (SSSR count). The Hall–Kier alpha value is -4.25. The first-order chi connectivity index (χ1) is 13.9. The van der Waals surface area contributed by atoms with Crippen LogP contribution in [0.15, 0.2) is 42.5 Å². The molecule has 0 saturated carbocycles. The third kappa shape index (κ3) is 4.04. The molecule has 0 fully saturated rings. The van der Waals surface area contributed by atoms with Crippen LogP contribution in [0, 0.1) is 12.3 Å². The third-order valence-electron chi connectivity index (χ3n) is 4.12. The Morgan fingerprint density at radius 1 is 1.24 bits per heavy atom. The lowest BCUT2D eigenvalue weighted by Gasteiger charge is -2.11. The molecule has 0 aliphatic carbocycles. The molecular formula is C21H17N3O5. The van der Waals surface area contributed by atoms with Crippen LogP contribution in [0.25, 0.3) is 5.70 Å². The quantitative estimate of drug-likeness (QED) is 0.510. The van der Waals surface area contributed by atoms with Crippen molar-refractivity contribution in [2.75, 3.05) is 19.0 Å². The molecule has 0 unspecified atom stereocenters. The van der Waals surface area contributed by atoms with E-state index in [9.17, 15) is 14.4 Å². The zero-order valence-corrected chi connectivity index (χ0v) is 15.4. The van der Waals surface area contributed by atoms with Gasteiger partial charge >= 0.3 is 0 Å². The summed E-state index contributed by atoms with van der Waals surface area (Å²) in [4.78, 5) is 36.2. The molecular weight excluding hydrogens is 374 g/mol. The van der Waals surface area contributed by atoms with Gasteiger partial charge in [-0.05, 0) is 24.3 Å².